The van der Waals surface area contributed by atoms with E-state index < -0.39 is 0 Å². The van der Waals surface area contributed by atoms with E-state index in [2.05, 4.69) is 26.8 Å². The maximum Gasteiger partial charge on any atom is 0.278 e. The molecule has 5 nitrogen and oxygen atoms in total. The zero-order chi connectivity index (χ0) is 18.3. The van der Waals surface area contributed by atoms with Gasteiger partial charge in [-0.3, -0.25) is 9.36 Å². The number of hydrogen-bond donors (Lipinski definition) is 0. The third-order valence-corrected chi connectivity index (χ3v) is 4.76. The third-order valence-electron chi connectivity index (χ3n) is 4.76. The fourth-order valence-corrected chi connectivity index (χ4v) is 3.30. The van der Waals surface area contributed by atoms with Gasteiger partial charge in [0.25, 0.3) is 5.56 Å². The average molecular weight is 339 g/mol. The van der Waals surface area contributed by atoms with Crippen LogP contribution in [0.2, 0.25) is 0 Å². The highest BCUT2D eigenvalue weighted by Gasteiger charge is 2.19. The van der Waals surface area contributed by atoms with Crippen LogP contribution in [0.1, 0.15) is 43.5 Å². The van der Waals surface area contributed by atoms with Crippen LogP contribution in [0.3, 0.4) is 0 Å². The number of ether oxygens (including phenoxy) is 1. The molecule has 5 heteroatoms. The molecule has 25 heavy (non-hydrogen) atoms. The maximum atomic E-state index is 13.1. The molecule has 0 saturated heterocycles. The Labute approximate surface area is 147 Å². The first-order chi connectivity index (χ1) is 11.9. The van der Waals surface area contributed by atoms with Crippen molar-refractivity contribution >= 4 is 5.52 Å². The highest BCUT2D eigenvalue weighted by Crippen LogP contribution is 2.27. The molecule has 0 spiro atoms. The standard InChI is InChI=1S/C20H25N3O2/c1-7-14-11-15(25-6)8-9-16(14)19-21-23-13(4)10-17(12(2)3)18(23)20(24)22(19)5/h8-12H,7H2,1-6H3. The van der Waals surface area contributed by atoms with Crippen LogP contribution in [0.15, 0.2) is 29.1 Å². The minimum absolute atomic E-state index is 0.0142. The maximum absolute atomic E-state index is 13.1. The SMILES string of the molecule is CCc1cc(OC)ccc1-c1nn2c(C)cc(C(C)C)c2c(=O)n1C. The van der Waals surface area contributed by atoms with Crippen molar-refractivity contribution in [1.29, 1.82) is 0 Å². The Morgan fingerprint density at radius 3 is 2.56 bits per heavy atom. The average Bonchev–Trinajstić information content (AvgIpc) is 2.94. The highest BCUT2D eigenvalue weighted by atomic mass is 16.5. The zero-order valence-electron chi connectivity index (χ0n) is 15.8. The number of benzene rings is 1. The number of nitrogens with zero attached hydrogens (tertiary/aromatic N) is 3. The summed E-state index contributed by atoms with van der Waals surface area (Å²) in [7, 11) is 3.45. The lowest BCUT2D eigenvalue weighted by atomic mass is 10.0. The van der Waals surface area contributed by atoms with E-state index in [1.54, 1.807) is 23.2 Å². The van der Waals surface area contributed by atoms with Crippen molar-refractivity contribution in [3.63, 3.8) is 0 Å². The minimum Gasteiger partial charge on any atom is -0.497 e. The van der Waals surface area contributed by atoms with Crippen molar-refractivity contribution < 1.29 is 4.74 Å². The van der Waals surface area contributed by atoms with Gasteiger partial charge >= 0.3 is 0 Å². The lowest BCUT2D eigenvalue weighted by Gasteiger charge is -2.14. The summed E-state index contributed by atoms with van der Waals surface area (Å²) >= 11 is 0. The molecule has 0 N–H and O–H groups in total. The van der Waals surface area contributed by atoms with Gasteiger partial charge in [0.05, 0.1) is 7.11 Å². The van der Waals surface area contributed by atoms with Crippen LogP contribution in [-0.4, -0.2) is 21.3 Å². The highest BCUT2D eigenvalue weighted by molar-refractivity contribution is 5.65. The number of aryl methyl sites for hydroxylation is 2. The van der Waals surface area contributed by atoms with Gasteiger partial charge < -0.3 is 4.74 Å². The molecule has 0 fully saturated rings. The first-order valence-corrected chi connectivity index (χ1v) is 8.65. The predicted molar refractivity (Wildman–Crippen MR) is 101 cm³/mol. The summed E-state index contributed by atoms with van der Waals surface area (Å²) in [5.41, 5.74) is 4.75. The van der Waals surface area contributed by atoms with E-state index in [1.807, 2.05) is 25.1 Å². The molecule has 2 aromatic heterocycles. The number of fused-ring (bicyclic) bond motifs is 1. The van der Waals surface area contributed by atoms with E-state index in [0.717, 1.165) is 34.6 Å². The Balaban J connectivity index is 2.34. The van der Waals surface area contributed by atoms with Gasteiger partial charge in [0.1, 0.15) is 11.3 Å². The molecular weight excluding hydrogens is 314 g/mol. The molecule has 0 saturated carbocycles. The number of methoxy groups -OCH3 is 1. The summed E-state index contributed by atoms with van der Waals surface area (Å²) in [4.78, 5) is 13.1. The Morgan fingerprint density at radius 1 is 1.24 bits per heavy atom. The number of rotatable bonds is 4. The van der Waals surface area contributed by atoms with Crippen LogP contribution >= 0.6 is 0 Å². The molecule has 0 aliphatic heterocycles. The molecule has 0 amide bonds. The van der Waals surface area contributed by atoms with Crippen molar-refractivity contribution in [2.24, 2.45) is 7.05 Å². The van der Waals surface area contributed by atoms with Crippen molar-refractivity contribution in [2.75, 3.05) is 7.11 Å². The first kappa shape index (κ1) is 17.3. The Bertz CT molecular complexity index is 996. The topological polar surface area (TPSA) is 48.5 Å². The largest absolute Gasteiger partial charge is 0.497 e. The van der Waals surface area contributed by atoms with E-state index in [0.29, 0.717) is 11.3 Å². The first-order valence-electron chi connectivity index (χ1n) is 8.65. The molecule has 1 aromatic carbocycles. The van der Waals surface area contributed by atoms with Crippen LogP contribution in [0.4, 0.5) is 0 Å². The summed E-state index contributed by atoms with van der Waals surface area (Å²) < 4.78 is 8.77. The van der Waals surface area contributed by atoms with Gasteiger partial charge in [0, 0.05) is 18.3 Å². The lowest BCUT2D eigenvalue weighted by Crippen LogP contribution is -2.24. The molecule has 3 aromatic rings. The summed E-state index contributed by atoms with van der Waals surface area (Å²) in [6.07, 6.45) is 0.836. The Hall–Kier alpha value is -2.56. The van der Waals surface area contributed by atoms with Gasteiger partial charge in [-0.1, -0.05) is 20.8 Å². The van der Waals surface area contributed by atoms with Crippen LogP contribution in [0.25, 0.3) is 16.9 Å². The smallest absolute Gasteiger partial charge is 0.278 e. The summed E-state index contributed by atoms with van der Waals surface area (Å²) in [6.45, 7) is 8.28. The molecule has 3 rings (SSSR count). The van der Waals surface area contributed by atoms with Crippen LogP contribution in [-0.2, 0) is 13.5 Å². The summed E-state index contributed by atoms with van der Waals surface area (Å²) in [5, 5.41) is 4.81. The molecule has 0 aliphatic carbocycles. The fourth-order valence-electron chi connectivity index (χ4n) is 3.30. The molecule has 0 unspecified atom stereocenters. The normalized spacial score (nSPS) is 11.5. The third kappa shape index (κ3) is 2.73. The van der Waals surface area contributed by atoms with Gasteiger partial charge in [0.2, 0.25) is 0 Å². The van der Waals surface area contributed by atoms with E-state index in [4.69, 9.17) is 9.84 Å². The van der Waals surface area contributed by atoms with E-state index in [1.165, 1.54) is 0 Å². The molecule has 0 atom stereocenters. The summed E-state index contributed by atoms with van der Waals surface area (Å²) in [6, 6.07) is 7.96. The van der Waals surface area contributed by atoms with Crippen molar-refractivity contribution in [2.45, 2.75) is 40.0 Å². The number of aromatic nitrogens is 3. The Morgan fingerprint density at radius 2 is 1.96 bits per heavy atom. The van der Waals surface area contributed by atoms with Gasteiger partial charge in [-0.25, -0.2) is 4.52 Å². The molecule has 0 bridgehead atoms. The predicted octanol–water partition coefficient (Wildman–Crippen LogP) is 3.70. The van der Waals surface area contributed by atoms with Crippen molar-refractivity contribution in [3.05, 3.63) is 51.4 Å². The van der Waals surface area contributed by atoms with E-state index in [-0.39, 0.29) is 11.5 Å². The van der Waals surface area contributed by atoms with Gasteiger partial charge in [-0.2, -0.15) is 0 Å². The van der Waals surface area contributed by atoms with Crippen molar-refractivity contribution in [3.8, 4) is 17.1 Å². The van der Waals surface area contributed by atoms with Gasteiger partial charge in [-0.05, 0) is 54.7 Å². The molecule has 0 radical (unpaired) electrons. The quantitative estimate of drug-likeness (QED) is 0.728. The minimum atomic E-state index is -0.0142. The molecule has 132 valence electrons. The van der Waals surface area contributed by atoms with Gasteiger partial charge in [-0.15, -0.1) is 5.10 Å². The van der Waals surface area contributed by atoms with Crippen LogP contribution in [0, 0.1) is 6.92 Å². The van der Waals surface area contributed by atoms with Crippen molar-refractivity contribution in [1.82, 2.24) is 14.2 Å². The van der Waals surface area contributed by atoms with E-state index >= 15 is 0 Å². The van der Waals surface area contributed by atoms with E-state index in [9.17, 15) is 4.79 Å². The number of hydrogen-bond acceptors (Lipinski definition) is 3. The molecular formula is C20H25N3O2. The zero-order valence-corrected chi connectivity index (χ0v) is 15.8. The summed E-state index contributed by atoms with van der Waals surface area (Å²) in [5.74, 6) is 1.76. The monoisotopic (exact) mass is 339 g/mol. The lowest BCUT2D eigenvalue weighted by molar-refractivity contribution is 0.414. The molecule has 0 aliphatic rings. The molecule has 2 heterocycles. The fraction of sp³-hybridized carbons (Fsp3) is 0.400. The van der Waals surface area contributed by atoms with Crippen LogP contribution in [0.5, 0.6) is 5.75 Å². The second kappa shape index (κ2) is 6.39. The Kier molecular flexibility index (Phi) is 4.41. The second-order valence-electron chi connectivity index (χ2n) is 6.72. The second-order valence-corrected chi connectivity index (χ2v) is 6.72. The van der Waals surface area contributed by atoms with Gasteiger partial charge in [0.15, 0.2) is 5.82 Å². The van der Waals surface area contributed by atoms with Crippen LogP contribution < -0.4 is 10.3 Å².